The van der Waals surface area contributed by atoms with Crippen LogP contribution >= 0.6 is 0 Å². The molecule has 0 bridgehead atoms. The van der Waals surface area contributed by atoms with E-state index in [0.717, 1.165) is 16.9 Å². The SMILES string of the molecule is COC1=C(c2ccccc2)c2ccccc2C1OC. The summed E-state index contributed by atoms with van der Waals surface area (Å²) >= 11 is 0. The maximum atomic E-state index is 5.62. The number of methoxy groups -OCH3 is 2. The Morgan fingerprint density at radius 1 is 0.842 bits per heavy atom. The molecule has 1 aliphatic carbocycles. The van der Waals surface area contributed by atoms with E-state index in [9.17, 15) is 0 Å². The molecule has 1 unspecified atom stereocenters. The van der Waals surface area contributed by atoms with Crippen LogP contribution in [-0.4, -0.2) is 14.2 Å². The average Bonchev–Trinajstić information content (AvgIpc) is 2.81. The lowest BCUT2D eigenvalue weighted by molar-refractivity contribution is 0.0836. The zero-order valence-electron chi connectivity index (χ0n) is 11.1. The number of fused-ring (bicyclic) bond motifs is 1. The van der Waals surface area contributed by atoms with Crippen LogP contribution in [0.1, 0.15) is 22.8 Å². The van der Waals surface area contributed by atoms with E-state index < -0.39 is 0 Å². The van der Waals surface area contributed by atoms with Gasteiger partial charge in [-0.3, -0.25) is 0 Å². The predicted octanol–water partition coefficient (Wildman–Crippen LogP) is 3.79. The summed E-state index contributed by atoms with van der Waals surface area (Å²) in [6.07, 6.45) is -0.114. The van der Waals surface area contributed by atoms with E-state index in [1.54, 1.807) is 14.2 Å². The van der Waals surface area contributed by atoms with E-state index in [1.807, 2.05) is 30.3 Å². The maximum absolute atomic E-state index is 5.62. The molecule has 0 saturated heterocycles. The van der Waals surface area contributed by atoms with Gasteiger partial charge in [-0.1, -0.05) is 54.6 Å². The van der Waals surface area contributed by atoms with E-state index in [1.165, 1.54) is 11.1 Å². The lowest BCUT2D eigenvalue weighted by Crippen LogP contribution is -2.02. The standard InChI is InChI=1S/C17H16O2/c1-18-16-14-11-7-6-10-13(14)15(17(16)19-2)12-8-4-3-5-9-12/h3-11,16H,1-2H3. The Balaban J connectivity index is 2.24. The molecule has 2 aromatic carbocycles. The van der Waals surface area contributed by atoms with Crippen LogP contribution in [0.15, 0.2) is 60.4 Å². The lowest BCUT2D eigenvalue weighted by atomic mass is 9.99. The number of rotatable bonds is 3. The van der Waals surface area contributed by atoms with Crippen molar-refractivity contribution in [1.29, 1.82) is 0 Å². The fraction of sp³-hybridized carbons (Fsp3) is 0.176. The molecule has 0 aliphatic heterocycles. The molecule has 0 radical (unpaired) electrons. The van der Waals surface area contributed by atoms with Crippen molar-refractivity contribution in [3.05, 3.63) is 77.0 Å². The molecule has 2 heteroatoms. The average molecular weight is 252 g/mol. The first kappa shape index (κ1) is 12.0. The Morgan fingerprint density at radius 3 is 2.21 bits per heavy atom. The predicted molar refractivity (Wildman–Crippen MR) is 75.7 cm³/mol. The molecule has 0 amide bonds. The van der Waals surface area contributed by atoms with Crippen molar-refractivity contribution in [2.24, 2.45) is 0 Å². The summed E-state index contributed by atoms with van der Waals surface area (Å²) in [5.74, 6) is 0.884. The molecule has 19 heavy (non-hydrogen) atoms. The van der Waals surface area contributed by atoms with E-state index in [4.69, 9.17) is 9.47 Å². The van der Waals surface area contributed by atoms with Gasteiger partial charge in [0.2, 0.25) is 0 Å². The Kier molecular flexibility index (Phi) is 3.10. The van der Waals surface area contributed by atoms with Crippen molar-refractivity contribution < 1.29 is 9.47 Å². The van der Waals surface area contributed by atoms with Gasteiger partial charge < -0.3 is 9.47 Å². The molecule has 1 atom stereocenters. The van der Waals surface area contributed by atoms with Gasteiger partial charge in [0.15, 0.2) is 0 Å². The van der Waals surface area contributed by atoms with Gasteiger partial charge in [0.25, 0.3) is 0 Å². The maximum Gasteiger partial charge on any atom is 0.140 e. The summed E-state index contributed by atoms with van der Waals surface area (Å²) in [7, 11) is 3.42. The fourth-order valence-corrected chi connectivity index (χ4v) is 2.70. The van der Waals surface area contributed by atoms with Crippen molar-refractivity contribution in [3.63, 3.8) is 0 Å². The third kappa shape index (κ3) is 1.85. The van der Waals surface area contributed by atoms with E-state index in [-0.39, 0.29) is 6.10 Å². The fourth-order valence-electron chi connectivity index (χ4n) is 2.70. The number of ether oxygens (including phenoxy) is 2. The van der Waals surface area contributed by atoms with E-state index in [2.05, 4.69) is 24.3 Å². The number of hydrogen-bond acceptors (Lipinski definition) is 2. The first-order chi connectivity index (χ1) is 9.36. The Hall–Kier alpha value is -2.06. The van der Waals surface area contributed by atoms with Gasteiger partial charge in [0.1, 0.15) is 11.9 Å². The molecular weight excluding hydrogens is 236 g/mol. The number of benzene rings is 2. The molecule has 0 spiro atoms. The van der Waals surface area contributed by atoms with Crippen molar-refractivity contribution in [3.8, 4) is 0 Å². The highest BCUT2D eigenvalue weighted by Crippen LogP contribution is 2.45. The Morgan fingerprint density at radius 2 is 1.53 bits per heavy atom. The van der Waals surface area contributed by atoms with Crippen molar-refractivity contribution in [1.82, 2.24) is 0 Å². The summed E-state index contributed by atoms with van der Waals surface area (Å²) in [6, 6.07) is 18.6. The summed E-state index contributed by atoms with van der Waals surface area (Å²) < 4.78 is 11.2. The highest BCUT2D eigenvalue weighted by molar-refractivity contribution is 5.87. The monoisotopic (exact) mass is 252 g/mol. The van der Waals surface area contributed by atoms with Gasteiger partial charge >= 0.3 is 0 Å². The second-order valence-corrected chi connectivity index (χ2v) is 4.51. The van der Waals surface area contributed by atoms with Gasteiger partial charge in [-0.05, 0) is 16.7 Å². The normalized spacial score (nSPS) is 17.5. The minimum absolute atomic E-state index is 0.114. The smallest absolute Gasteiger partial charge is 0.140 e. The Bertz CT molecular complexity index is 614. The molecular formula is C17H16O2. The van der Waals surface area contributed by atoms with Crippen molar-refractivity contribution >= 4 is 5.57 Å². The highest BCUT2D eigenvalue weighted by atomic mass is 16.5. The van der Waals surface area contributed by atoms with Gasteiger partial charge in [0, 0.05) is 12.7 Å². The van der Waals surface area contributed by atoms with Crippen LogP contribution in [0.5, 0.6) is 0 Å². The van der Waals surface area contributed by atoms with E-state index in [0.29, 0.717) is 0 Å². The van der Waals surface area contributed by atoms with Crippen LogP contribution in [0.2, 0.25) is 0 Å². The van der Waals surface area contributed by atoms with Crippen molar-refractivity contribution in [2.75, 3.05) is 14.2 Å². The van der Waals surface area contributed by atoms with E-state index >= 15 is 0 Å². The van der Waals surface area contributed by atoms with Crippen LogP contribution in [0.4, 0.5) is 0 Å². The molecule has 0 fully saturated rings. The molecule has 96 valence electrons. The van der Waals surface area contributed by atoms with Gasteiger partial charge in [-0.25, -0.2) is 0 Å². The Labute approximate surface area is 113 Å². The van der Waals surface area contributed by atoms with Crippen LogP contribution in [-0.2, 0) is 9.47 Å². The highest BCUT2D eigenvalue weighted by Gasteiger charge is 2.32. The van der Waals surface area contributed by atoms with Crippen molar-refractivity contribution in [2.45, 2.75) is 6.10 Å². The van der Waals surface area contributed by atoms with Crippen LogP contribution in [0.3, 0.4) is 0 Å². The minimum atomic E-state index is -0.114. The molecule has 0 heterocycles. The molecule has 3 rings (SSSR count). The molecule has 2 nitrogen and oxygen atoms in total. The quantitative estimate of drug-likeness (QED) is 0.827. The molecule has 2 aromatic rings. The van der Waals surface area contributed by atoms with Gasteiger partial charge in [-0.2, -0.15) is 0 Å². The second kappa shape index (κ2) is 4.90. The minimum Gasteiger partial charge on any atom is -0.497 e. The third-order valence-electron chi connectivity index (χ3n) is 3.52. The lowest BCUT2D eigenvalue weighted by Gasteiger charge is -2.13. The molecule has 0 saturated carbocycles. The topological polar surface area (TPSA) is 18.5 Å². The zero-order chi connectivity index (χ0) is 13.2. The van der Waals surface area contributed by atoms with Crippen LogP contribution in [0.25, 0.3) is 5.57 Å². The summed E-state index contributed by atoms with van der Waals surface area (Å²) in [4.78, 5) is 0. The summed E-state index contributed by atoms with van der Waals surface area (Å²) in [6.45, 7) is 0. The molecule has 1 aliphatic rings. The van der Waals surface area contributed by atoms with Crippen LogP contribution in [0, 0.1) is 0 Å². The largest absolute Gasteiger partial charge is 0.497 e. The van der Waals surface area contributed by atoms with Gasteiger partial charge in [0.05, 0.1) is 7.11 Å². The first-order valence-corrected chi connectivity index (χ1v) is 6.32. The summed E-state index contributed by atoms with van der Waals surface area (Å²) in [5.41, 5.74) is 4.65. The summed E-state index contributed by atoms with van der Waals surface area (Å²) in [5, 5.41) is 0. The van der Waals surface area contributed by atoms with Crippen LogP contribution < -0.4 is 0 Å². The third-order valence-corrected chi connectivity index (χ3v) is 3.52. The second-order valence-electron chi connectivity index (χ2n) is 4.51. The van der Waals surface area contributed by atoms with Gasteiger partial charge in [-0.15, -0.1) is 0 Å². The molecule has 0 N–H and O–H groups in total. The number of hydrogen-bond donors (Lipinski definition) is 0. The zero-order valence-corrected chi connectivity index (χ0v) is 11.1. The first-order valence-electron chi connectivity index (χ1n) is 6.32. The molecule has 0 aromatic heterocycles.